The fourth-order valence-corrected chi connectivity index (χ4v) is 1.82. The van der Waals surface area contributed by atoms with Gasteiger partial charge in [0.1, 0.15) is 18.3 Å². The van der Waals surface area contributed by atoms with Crippen molar-refractivity contribution in [3.8, 4) is 0 Å². The van der Waals surface area contributed by atoms with Gasteiger partial charge in [-0.25, -0.2) is 4.79 Å². The molecule has 10 nitrogen and oxygen atoms in total. The fraction of sp³-hybridized carbons (Fsp3) is 0.714. The second-order valence-electron chi connectivity index (χ2n) is 4.96. The standard InChI is InChI=1S/C14H25NO9/c1-3-4-14(13(21)22,23-6-5-16)24-11(7-15-9(2)18)12(20)10(19)8-17/h3,10-12,16-17,19-20H,1,4-8H2,2H3,(H,15,18)(H,21,22)/t10-,11?,12-,14-/m1/s1. The molecular weight excluding hydrogens is 326 g/mol. The number of carboxylic acids is 1. The number of hydrogen-bond acceptors (Lipinski definition) is 8. The minimum absolute atomic E-state index is 0.332. The highest BCUT2D eigenvalue weighted by Gasteiger charge is 2.44. The van der Waals surface area contributed by atoms with Crippen LogP contribution in [0.25, 0.3) is 0 Å². The Labute approximate surface area is 139 Å². The zero-order valence-corrected chi connectivity index (χ0v) is 13.4. The molecule has 0 aromatic rings. The van der Waals surface area contributed by atoms with Crippen LogP contribution >= 0.6 is 0 Å². The van der Waals surface area contributed by atoms with Crippen LogP contribution in [0.2, 0.25) is 0 Å². The Morgan fingerprint density at radius 3 is 2.38 bits per heavy atom. The molecule has 0 bridgehead atoms. The summed E-state index contributed by atoms with van der Waals surface area (Å²) >= 11 is 0. The van der Waals surface area contributed by atoms with Crippen LogP contribution in [0.4, 0.5) is 0 Å². The average molecular weight is 351 g/mol. The predicted octanol–water partition coefficient (Wildman–Crippen LogP) is -2.41. The highest BCUT2D eigenvalue weighted by Crippen LogP contribution is 2.23. The number of hydrogen-bond donors (Lipinski definition) is 6. The first-order chi connectivity index (χ1) is 11.2. The van der Waals surface area contributed by atoms with Crippen molar-refractivity contribution in [2.24, 2.45) is 0 Å². The van der Waals surface area contributed by atoms with Crippen molar-refractivity contribution in [2.75, 3.05) is 26.4 Å². The maximum absolute atomic E-state index is 11.6. The lowest BCUT2D eigenvalue weighted by molar-refractivity contribution is -0.274. The molecule has 10 heteroatoms. The van der Waals surface area contributed by atoms with Crippen molar-refractivity contribution in [2.45, 2.75) is 37.4 Å². The Balaban J connectivity index is 5.47. The molecule has 0 spiro atoms. The van der Waals surface area contributed by atoms with Crippen LogP contribution in [0.3, 0.4) is 0 Å². The Kier molecular flexibility index (Phi) is 10.4. The van der Waals surface area contributed by atoms with E-state index < -0.39 is 49.2 Å². The molecule has 0 aromatic heterocycles. The van der Waals surface area contributed by atoms with E-state index in [1.165, 1.54) is 13.0 Å². The number of aliphatic hydroxyl groups is 4. The molecule has 0 aliphatic carbocycles. The second-order valence-corrected chi connectivity index (χ2v) is 4.96. The maximum Gasteiger partial charge on any atom is 0.364 e. The number of aliphatic hydroxyl groups excluding tert-OH is 4. The Bertz CT molecular complexity index is 417. The second kappa shape index (κ2) is 11.1. The molecule has 1 unspecified atom stereocenters. The van der Waals surface area contributed by atoms with Crippen LogP contribution in [0.15, 0.2) is 12.7 Å². The fourth-order valence-electron chi connectivity index (χ4n) is 1.82. The van der Waals surface area contributed by atoms with E-state index in [1.54, 1.807) is 0 Å². The highest BCUT2D eigenvalue weighted by atomic mass is 16.7. The number of amides is 1. The van der Waals surface area contributed by atoms with Gasteiger partial charge < -0.3 is 40.3 Å². The third-order valence-electron chi connectivity index (χ3n) is 3.02. The first kappa shape index (κ1) is 22.4. The molecule has 0 saturated carbocycles. The third-order valence-corrected chi connectivity index (χ3v) is 3.02. The number of ether oxygens (including phenoxy) is 2. The van der Waals surface area contributed by atoms with E-state index in [1.807, 2.05) is 0 Å². The van der Waals surface area contributed by atoms with Crippen LogP contribution in [-0.4, -0.2) is 87.9 Å². The van der Waals surface area contributed by atoms with Gasteiger partial charge in [0.15, 0.2) is 0 Å². The highest BCUT2D eigenvalue weighted by molar-refractivity contribution is 5.76. The number of carbonyl (C=O) groups is 2. The van der Waals surface area contributed by atoms with E-state index in [9.17, 15) is 24.9 Å². The number of rotatable bonds is 13. The Morgan fingerprint density at radius 1 is 1.33 bits per heavy atom. The van der Waals surface area contributed by atoms with Crippen LogP contribution in [0.5, 0.6) is 0 Å². The average Bonchev–Trinajstić information content (AvgIpc) is 2.54. The molecule has 0 fully saturated rings. The van der Waals surface area contributed by atoms with Gasteiger partial charge in [0.05, 0.1) is 19.8 Å². The summed E-state index contributed by atoms with van der Waals surface area (Å²) in [5.74, 6) is -4.31. The van der Waals surface area contributed by atoms with E-state index in [0.29, 0.717) is 0 Å². The molecule has 24 heavy (non-hydrogen) atoms. The lowest BCUT2D eigenvalue weighted by atomic mass is 10.1. The van der Waals surface area contributed by atoms with Gasteiger partial charge in [-0.15, -0.1) is 6.58 Å². The van der Waals surface area contributed by atoms with Gasteiger partial charge in [-0.2, -0.15) is 0 Å². The van der Waals surface area contributed by atoms with E-state index in [2.05, 4.69) is 11.9 Å². The normalized spacial score (nSPS) is 17.4. The van der Waals surface area contributed by atoms with Crippen molar-refractivity contribution >= 4 is 11.9 Å². The van der Waals surface area contributed by atoms with Crippen molar-refractivity contribution in [3.63, 3.8) is 0 Å². The molecule has 0 rings (SSSR count). The molecule has 0 aromatic carbocycles. The van der Waals surface area contributed by atoms with Gasteiger partial charge >= 0.3 is 5.97 Å². The molecule has 6 N–H and O–H groups in total. The van der Waals surface area contributed by atoms with Crippen LogP contribution < -0.4 is 5.32 Å². The smallest absolute Gasteiger partial charge is 0.364 e. The lowest BCUT2D eigenvalue weighted by Gasteiger charge is -2.35. The summed E-state index contributed by atoms with van der Waals surface area (Å²) in [6.07, 6.45) is -3.87. The predicted molar refractivity (Wildman–Crippen MR) is 80.9 cm³/mol. The Hall–Kier alpha value is -1.56. The topological polar surface area (TPSA) is 166 Å². The zero-order chi connectivity index (χ0) is 18.8. The van der Waals surface area contributed by atoms with Crippen molar-refractivity contribution in [1.82, 2.24) is 5.32 Å². The largest absolute Gasteiger partial charge is 0.477 e. The molecule has 0 aliphatic rings. The van der Waals surface area contributed by atoms with Crippen molar-refractivity contribution in [3.05, 3.63) is 12.7 Å². The first-order valence-electron chi connectivity index (χ1n) is 7.22. The number of carboxylic acid groups (broad SMARTS) is 1. The minimum atomic E-state index is -2.29. The first-order valence-corrected chi connectivity index (χ1v) is 7.22. The minimum Gasteiger partial charge on any atom is -0.477 e. The van der Waals surface area contributed by atoms with Gasteiger partial charge in [-0.3, -0.25) is 4.79 Å². The molecule has 0 radical (unpaired) electrons. The summed E-state index contributed by atoms with van der Waals surface area (Å²) in [4.78, 5) is 22.6. The van der Waals surface area contributed by atoms with Gasteiger partial charge in [-0.1, -0.05) is 6.08 Å². The molecule has 140 valence electrons. The van der Waals surface area contributed by atoms with E-state index >= 15 is 0 Å². The SMILES string of the molecule is C=CC[C@@](OCCO)(OC(CNC(C)=O)[C@H](O)[C@H](O)CO)C(=O)O. The molecular formula is C14H25NO9. The monoisotopic (exact) mass is 351 g/mol. The summed E-state index contributed by atoms with van der Waals surface area (Å²) in [7, 11) is 0. The maximum atomic E-state index is 11.6. The summed E-state index contributed by atoms with van der Waals surface area (Å²) in [5, 5.41) is 49.1. The molecule has 0 saturated heterocycles. The van der Waals surface area contributed by atoms with Crippen molar-refractivity contribution < 1.29 is 44.6 Å². The molecule has 4 atom stereocenters. The number of carbonyl (C=O) groups excluding carboxylic acids is 1. The Morgan fingerprint density at radius 2 is 1.96 bits per heavy atom. The number of nitrogens with one attached hydrogen (secondary N) is 1. The summed E-state index contributed by atoms with van der Waals surface area (Å²) in [5.41, 5.74) is 0. The lowest BCUT2D eigenvalue weighted by Crippen LogP contribution is -2.55. The molecule has 0 aliphatic heterocycles. The summed E-state index contributed by atoms with van der Waals surface area (Å²) in [6, 6.07) is 0. The summed E-state index contributed by atoms with van der Waals surface area (Å²) < 4.78 is 10.4. The van der Waals surface area contributed by atoms with E-state index in [4.69, 9.17) is 19.7 Å². The van der Waals surface area contributed by atoms with E-state index in [0.717, 1.165) is 0 Å². The number of aliphatic carboxylic acids is 1. The quantitative estimate of drug-likeness (QED) is 0.156. The summed E-state index contributed by atoms with van der Waals surface area (Å²) in [6.45, 7) is 2.60. The van der Waals surface area contributed by atoms with Crippen LogP contribution in [-0.2, 0) is 19.1 Å². The van der Waals surface area contributed by atoms with Crippen LogP contribution in [0, 0.1) is 0 Å². The van der Waals surface area contributed by atoms with Gasteiger partial charge in [0, 0.05) is 19.9 Å². The van der Waals surface area contributed by atoms with Gasteiger partial charge in [0.25, 0.3) is 5.79 Å². The third kappa shape index (κ3) is 6.91. The van der Waals surface area contributed by atoms with E-state index in [-0.39, 0.29) is 19.6 Å². The molecule has 1 amide bonds. The van der Waals surface area contributed by atoms with Gasteiger partial charge in [-0.05, 0) is 0 Å². The van der Waals surface area contributed by atoms with Crippen LogP contribution in [0.1, 0.15) is 13.3 Å². The molecule has 0 heterocycles. The van der Waals surface area contributed by atoms with Crippen molar-refractivity contribution in [1.29, 1.82) is 0 Å². The van der Waals surface area contributed by atoms with Gasteiger partial charge in [0.2, 0.25) is 5.91 Å². The zero-order valence-electron chi connectivity index (χ0n) is 13.4.